The first kappa shape index (κ1) is 19.4. The summed E-state index contributed by atoms with van der Waals surface area (Å²) >= 11 is 6.89. The highest BCUT2D eigenvalue weighted by Crippen LogP contribution is 2.29. The van der Waals surface area contributed by atoms with Crippen LogP contribution in [0.4, 0.5) is 11.4 Å². The SMILES string of the molecule is CN1C(=O)CC(C(=O)Nc2ccc(Br)cc2)SC1=Nc1ccc(I)cc1. The molecule has 2 aromatic rings. The van der Waals surface area contributed by atoms with Crippen molar-refractivity contribution in [1.82, 2.24) is 4.90 Å². The van der Waals surface area contributed by atoms with E-state index in [-0.39, 0.29) is 18.2 Å². The van der Waals surface area contributed by atoms with Crippen LogP contribution < -0.4 is 5.32 Å². The lowest BCUT2D eigenvalue weighted by Crippen LogP contribution is -2.43. The van der Waals surface area contributed by atoms with Crippen LogP contribution in [0, 0.1) is 3.57 Å². The Bertz CT molecular complexity index is 856. The second kappa shape index (κ2) is 8.53. The van der Waals surface area contributed by atoms with Crippen LogP contribution in [0.1, 0.15) is 6.42 Å². The van der Waals surface area contributed by atoms with Crippen LogP contribution in [-0.2, 0) is 9.59 Å². The van der Waals surface area contributed by atoms with Crippen LogP contribution in [0.5, 0.6) is 0 Å². The number of thioether (sulfide) groups is 1. The molecule has 1 N–H and O–H groups in total. The number of aliphatic imine (C=N–C) groups is 1. The van der Waals surface area contributed by atoms with Crippen molar-refractivity contribution >= 4 is 78.6 Å². The fourth-order valence-corrected chi connectivity index (χ4v) is 3.97. The predicted octanol–water partition coefficient (Wildman–Crippen LogP) is 4.64. The molecule has 5 nitrogen and oxygen atoms in total. The van der Waals surface area contributed by atoms with Gasteiger partial charge < -0.3 is 5.32 Å². The molecule has 1 fully saturated rings. The van der Waals surface area contributed by atoms with Gasteiger partial charge in [-0.05, 0) is 71.1 Å². The topological polar surface area (TPSA) is 61.8 Å². The monoisotopic (exact) mass is 543 g/mol. The van der Waals surface area contributed by atoms with Gasteiger partial charge in [-0.1, -0.05) is 27.7 Å². The molecule has 134 valence electrons. The molecule has 26 heavy (non-hydrogen) atoms. The molecule has 2 aromatic carbocycles. The molecule has 0 aliphatic carbocycles. The van der Waals surface area contributed by atoms with Crippen molar-refractivity contribution in [3.63, 3.8) is 0 Å². The molecule has 8 heteroatoms. The van der Waals surface area contributed by atoms with Crippen molar-refractivity contribution in [3.8, 4) is 0 Å². The Morgan fingerprint density at radius 2 is 1.88 bits per heavy atom. The summed E-state index contributed by atoms with van der Waals surface area (Å²) in [5.41, 5.74) is 1.45. The fourth-order valence-electron chi connectivity index (χ4n) is 2.28. The Balaban J connectivity index is 1.76. The van der Waals surface area contributed by atoms with E-state index in [1.54, 1.807) is 7.05 Å². The Morgan fingerprint density at radius 1 is 1.23 bits per heavy atom. The number of amidine groups is 1. The summed E-state index contributed by atoms with van der Waals surface area (Å²) in [5, 5.41) is 2.88. The maximum Gasteiger partial charge on any atom is 0.238 e. The molecule has 0 bridgehead atoms. The minimum Gasteiger partial charge on any atom is -0.325 e. The zero-order chi connectivity index (χ0) is 18.7. The number of hydrogen-bond donors (Lipinski definition) is 1. The Kier molecular flexibility index (Phi) is 6.36. The summed E-state index contributed by atoms with van der Waals surface area (Å²) in [7, 11) is 1.68. The van der Waals surface area contributed by atoms with Gasteiger partial charge in [0.05, 0.1) is 5.69 Å². The first-order valence-corrected chi connectivity index (χ1v) is 10.5. The maximum absolute atomic E-state index is 12.6. The molecule has 1 aliphatic rings. The van der Waals surface area contributed by atoms with Crippen LogP contribution >= 0.6 is 50.3 Å². The minimum absolute atomic E-state index is 0.121. The number of carbonyl (C=O) groups is 2. The molecular weight excluding hydrogens is 529 g/mol. The zero-order valence-corrected chi connectivity index (χ0v) is 18.3. The summed E-state index contributed by atoms with van der Waals surface area (Å²) < 4.78 is 2.05. The summed E-state index contributed by atoms with van der Waals surface area (Å²) in [4.78, 5) is 30.9. The number of hydrogen-bond acceptors (Lipinski definition) is 4. The van der Waals surface area contributed by atoms with Gasteiger partial charge in [-0.15, -0.1) is 0 Å². The van der Waals surface area contributed by atoms with E-state index in [0.717, 1.165) is 13.7 Å². The number of amides is 2. The fraction of sp³-hybridized carbons (Fsp3) is 0.167. The van der Waals surface area contributed by atoms with Crippen molar-refractivity contribution < 1.29 is 9.59 Å². The third-order valence-electron chi connectivity index (χ3n) is 3.72. The van der Waals surface area contributed by atoms with Gasteiger partial charge in [-0.25, -0.2) is 4.99 Å². The van der Waals surface area contributed by atoms with Crippen molar-refractivity contribution in [2.24, 2.45) is 4.99 Å². The van der Waals surface area contributed by atoms with Crippen molar-refractivity contribution in [1.29, 1.82) is 0 Å². The highest BCUT2D eigenvalue weighted by atomic mass is 127. The van der Waals surface area contributed by atoms with E-state index in [2.05, 4.69) is 48.8 Å². The third kappa shape index (κ3) is 4.86. The van der Waals surface area contributed by atoms with Crippen LogP contribution in [0.2, 0.25) is 0 Å². The molecule has 1 saturated heterocycles. The standard InChI is InChI=1S/C18H15BrIN3O2S/c1-23-16(24)10-15(17(25)21-13-6-2-11(19)3-7-13)26-18(23)22-14-8-4-12(20)5-9-14/h2-9,15H,10H2,1H3,(H,21,25). The van der Waals surface area contributed by atoms with E-state index in [9.17, 15) is 9.59 Å². The first-order valence-electron chi connectivity index (χ1n) is 7.76. The molecule has 2 amide bonds. The molecule has 3 rings (SSSR count). The van der Waals surface area contributed by atoms with Gasteiger partial charge in [0.15, 0.2) is 5.17 Å². The molecule has 1 unspecified atom stereocenters. The predicted molar refractivity (Wildman–Crippen MR) is 118 cm³/mol. The maximum atomic E-state index is 12.6. The zero-order valence-electron chi connectivity index (χ0n) is 13.8. The van der Waals surface area contributed by atoms with Crippen molar-refractivity contribution in [2.45, 2.75) is 11.7 Å². The highest BCUT2D eigenvalue weighted by Gasteiger charge is 2.34. The average Bonchev–Trinajstić information content (AvgIpc) is 2.62. The highest BCUT2D eigenvalue weighted by molar-refractivity contribution is 14.1. The number of benzene rings is 2. The Hall–Kier alpha value is -1.39. The van der Waals surface area contributed by atoms with Gasteiger partial charge in [0.25, 0.3) is 0 Å². The van der Waals surface area contributed by atoms with Gasteiger partial charge in [0.1, 0.15) is 5.25 Å². The lowest BCUT2D eigenvalue weighted by molar-refractivity contribution is -0.128. The normalized spacial score (nSPS) is 18.9. The quantitative estimate of drug-likeness (QED) is 0.573. The van der Waals surface area contributed by atoms with Crippen molar-refractivity contribution in [2.75, 3.05) is 12.4 Å². The van der Waals surface area contributed by atoms with Gasteiger partial charge in [-0.2, -0.15) is 0 Å². The Labute approximate surface area is 177 Å². The van der Waals surface area contributed by atoms with Gasteiger partial charge in [-0.3, -0.25) is 14.5 Å². The number of rotatable bonds is 3. The minimum atomic E-state index is -0.509. The number of anilines is 1. The van der Waals surface area contributed by atoms with Crippen LogP contribution in [-0.4, -0.2) is 34.2 Å². The second-order valence-corrected chi connectivity index (χ2v) is 8.96. The average molecular weight is 544 g/mol. The number of nitrogens with one attached hydrogen (secondary N) is 1. The van der Waals surface area contributed by atoms with Crippen LogP contribution in [0.3, 0.4) is 0 Å². The summed E-state index contributed by atoms with van der Waals surface area (Å²) in [6.45, 7) is 0. The van der Waals surface area contributed by atoms with Gasteiger partial charge >= 0.3 is 0 Å². The van der Waals surface area contributed by atoms with E-state index in [0.29, 0.717) is 10.9 Å². The molecule has 1 atom stereocenters. The van der Waals surface area contributed by atoms with Crippen LogP contribution in [0.25, 0.3) is 0 Å². The summed E-state index contributed by atoms with van der Waals surface area (Å²) in [6, 6.07) is 15.0. The number of nitrogens with zero attached hydrogens (tertiary/aromatic N) is 2. The van der Waals surface area contributed by atoms with E-state index < -0.39 is 5.25 Å². The smallest absolute Gasteiger partial charge is 0.238 e. The van der Waals surface area contributed by atoms with E-state index in [1.807, 2.05) is 48.5 Å². The third-order valence-corrected chi connectivity index (χ3v) is 6.21. The Morgan fingerprint density at radius 3 is 2.54 bits per heavy atom. The number of carbonyl (C=O) groups excluding carboxylic acids is 2. The van der Waals surface area contributed by atoms with Crippen LogP contribution in [0.15, 0.2) is 58.0 Å². The van der Waals surface area contributed by atoms with E-state index >= 15 is 0 Å². The summed E-state index contributed by atoms with van der Waals surface area (Å²) in [6.07, 6.45) is 0.148. The van der Waals surface area contributed by atoms with Gasteiger partial charge in [0.2, 0.25) is 11.8 Å². The molecular formula is C18H15BrIN3O2S. The molecule has 0 aromatic heterocycles. The molecule has 1 aliphatic heterocycles. The molecule has 1 heterocycles. The van der Waals surface area contributed by atoms with Gasteiger partial charge in [0, 0.05) is 27.2 Å². The molecule has 0 radical (unpaired) electrons. The molecule has 0 saturated carbocycles. The largest absolute Gasteiger partial charge is 0.325 e. The van der Waals surface area contributed by atoms with Crippen molar-refractivity contribution in [3.05, 3.63) is 56.6 Å². The lowest BCUT2D eigenvalue weighted by Gasteiger charge is -2.28. The number of halogens is 2. The summed E-state index contributed by atoms with van der Waals surface area (Å²) in [5.74, 6) is -0.321. The molecule has 0 spiro atoms. The second-order valence-electron chi connectivity index (χ2n) is 5.63. The first-order chi connectivity index (χ1) is 12.4. The lowest BCUT2D eigenvalue weighted by atomic mass is 10.2. The van der Waals surface area contributed by atoms with E-state index in [1.165, 1.54) is 16.7 Å². The van der Waals surface area contributed by atoms with E-state index in [4.69, 9.17) is 0 Å².